The Kier molecular flexibility index (Phi) is 4.02. The fraction of sp³-hybridized carbons (Fsp3) is 0.286. The van der Waals surface area contributed by atoms with Crippen molar-refractivity contribution in [3.8, 4) is 5.75 Å². The second-order valence-electron chi connectivity index (χ2n) is 4.53. The van der Waals surface area contributed by atoms with Crippen LogP contribution in [0.2, 0.25) is 0 Å². The molecular weight excluding hydrogens is 261 g/mol. The lowest BCUT2D eigenvalue weighted by atomic mass is 10.2. The molecule has 1 heterocycles. The summed E-state index contributed by atoms with van der Waals surface area (Å²) in [6, 6.07) is 5.66. The van der Waals surface area contributed by atoms with Gasteiger partial charge in [0.1, 0.15) is 11.6 Å². The summed E-state index contributed by atoms with van der Waals surface area (Å²) in [6.45, 7) is 5.31. The summed E-state index contributed by atoms with van der Waals surface area (Å²) >= 11 is 0. The first kappa shape index (κ1) is 14.0. The summed E-state index contributed by atoms with van der Waals surface area (Å²) < 4.78 is 18.4. The number of hydrogen-bond donors (Lipinski definition) is 2. The summed E-state index contributed by atoms with van der Waals surface area (Å²) in [5.74, 6) is 0.0301. The Balaban J connectivity index is 2.00. The zero-order valence-corrected chi connectivity index (χ0v) is 11.5. The van der Waals surface area contributed by atoms with Crippen LogP contribution in [0.1, 0.15) is 18.2 Å². The zero-order chi connectivity index (χ0) is 14.7. The van der Waals surface area contributed by atoms with Crippen LogP contribution in [0.25, 0.3) is 0 Å². The highest BCUT2D eigenvalue weighted by atomic mass is 19.1. The molecule has 0 spiro atoms. The molecule has 2 N–H and O–H groups in total. The lowest BCUT2D eigenvalue weighted by molar-refractivity contribution is -0.122. The molecule has 2 rings (SSSR count). The van der Waals surface area contributed by atoms with Gasteiger partial charge in [-0.1, -0.05) is 6.07 Å². The molecule has 1 aromatic heterocycles. The maximum Gasteiger partial charge on any atom is 0.266 e. The number of halogens is 1. The predicted molar refractivity (Wildman–Crippen MR) is 73.2 cm³/mol. The number of anilines is 1. The monoisotopic (exact) mass is 277 g/mol. The third-order valence-corrected chi connectivity index (χ3v) is 2.97. The van der Waals surface area contributed by atoms with Gasteiger partial charge in [-0.05, 0) is 32.9 Å². The third-order valence-electron chi connectivity index (χ3n) is 2.97. The Morgan fingerprint density at radius 2 is 2.20 bits per heavy atom. The van der Waals surface area contributed by atoms with Gasteiger partial charge in [-0.15, -0.1) is 0 Å². The van der Waals surface area contributed by atoms with E-state index < -0.39 is 11.9 Å². The van der Waals surface area contributed by atoms with E-state index in [1.54, 1.807) is 13.0 Å². The Labute approximate surface area is 116 Å². The molecule has 1 aromatic carbocycles. The molecule has 1 unspecified atom stereocenters. The lowest BCUT2D eigenvalue weighted by Crippen LogP contribution is -2.30. The van der Waals surface area contributed by atoms with E-state index in [4.69, 9.17) is 4.74 Å². The van der Waals surface area contributed by atoms with Crippen molar-refractivity contribution in [3.05, 3.63) is 41.3 Å². The van der Waals surface area contributed by atoms with Gasteiger partial charge in [0.15, 0.2) is 11.9 Å². The fourth-order valence-electron chi connectivity index (χ4n) is 1.62. The molecule has 20 heavy (non-hydrogen) atoms. The minimum Gasteiger partial charge on any atom is -0.481 e. The molecule has 0 radical (unpaired) electrons. The fourth-order valence-corrected chi connectivity index (χ4v) is 1.62. The third kappa shape index (κ3) is 3.14. The van der Waals surface area contributed by atoms with Crippen molar-refractivity contribution in [2.24, 2.45) is 0 Å². The van der Waals surface area contributed by atoms with Crippen molar-refractivity contribution in [1.82, 2.24) is 10.2 Å². The molecular formula is C14H16FN3O2. The number of aromatic nitrogens is 2. The average molecular weight is 277 g/mol. The van der Waals surface area contributed by atoms with Crippen molar-refractivity contribution in [2.75, 3.05) is 5.32 Å². The first-order chi connectivity index (χ1) is 9.47. The van der Waals surface area contributed by atoms with E-state index in [1.807, 2.05) is 13.8 Å². The topological polar surface area (TPSA) is 67.0 Å². The molecule has 0 fully saturated rings. The number of carbonyl (C=O) groups is 1. The van der Waals surface area contributed by atoms with Crippen molar-refractivity contribution in [3.63, 3.8) is 0 Å². The molecule has 0 aliphatic carbocycles. The second kappa shape index (κ2) is 5.73. The number of nitrogens with zero attached hydrogens (tertiary/aromatic N) is 1. The van der Waals surface area contributed by atoms with Crippen molar-refractivity contribution >= 4 is 11.7 Å². The van der Waals surface area contributed by atoms with Crippen LogP contribution in [0.3, 0.4) is 0 Å². The Hall–Kier alpha value is -2.37. The highest BCUT2D eigenvalue weighted by molar-refractivity contribution is 5.93. The molecule has 0 aliphatic rings. The van der Waals surface area contributed by atoms with E-state index in [9.17, 15) is 9.18 Å². The number of benzene rings is 1. The normalized spacial score (nSPS) is 12.0. The van der Waals surface area contributed by atoms with E-state index in [1.165, 1.54) is 18.2 Å². The predicted octanol–water partition coefficient (Wildman–Crippen LogP) is 2.57. The van der Waals surface area contributed by atoms with Crippen LogP contribution < -0.4 is 10.1 Å². The van der Waals surface area contributed by atoms with E-state index in [0.717, 1.165) is 11.3 Å². The van der Waals surface area contributed by atoms with Gasteiger partial charge in [0, 0.05) is 17.3 Å². The molecule has 1 amide bonds. The molecule has 106 valence electrons. The van der Waals surface area contributed by atoms with Crippen LogP contribution in [-0.2, 0) is 4.79 Å². The smallest absolute Gasteiger partial charge is 0.266 e. The number of aryl methyl sites for hydroxylation is 1. The number of aromatic amines is 1. The van der Waals surface area contributed by atoms with Crippen LogP contribution in [0.15, 0.2) is 24.3 Å². The van der Waals surface area contributed by atoms with Crippen molar-refractivity contribution in [2.45, 2.75) is 26.9 Å². The summed E-state index contributed by atoms with van der Waals surface area (Å²) in [7, 11) is 0. The zero-order valence-electron chi connectivity index (χ0n) is 11.5. The maximum atomic E-state index is 13.0. The van der Waals surface area contributed by atoms with E-state index in [-0.39, 0.29) is 5.91 Å². The van der Waals surface area contributed by atoms with E-state index >= 15 is 0 Å². The first-order valence-electron chi connectivity index (χ1n) is 6.22. The summed E-state index contributed by atoms with van der Waals surface area (Å²) in [6.07, 6.45) is -0.756. The number of amides is 1. The SMILES string of the molecule is Cc1[nH]nc(NC(=O)C(C)Oc2cccc(F)c2)c1C. The standard InChI is InChI=1S/C14H16FN3O2/c1-8-9(2)17-18-13(8)16-14(19)10(3)20-12-6-4-5-11(15)7-12/h4-7,10H,1-3H3,(H2,16,17,18,19). The molecule has 5 nitrogen and oxygen atoms in total. The Morgan fingerprint density at radius 1 is 1.45 bits per heavy atom. The number of nitrogens with one attached hydrogen (secondary N) is 2. The van der Waals surface area contributed by atoms with Crippen LogP contribution in [0.4, 0.5) is 10.2 Å². The van der Waals surface area contributed by atoms with Crippen LogP contribution in [0, 0.1) is 19.7 Å². The maximum absolute atomic E-state index is 13.0. The van der Waals surface area contributed by atoms with E-state index in [0.29, 0.717) is 11.6 Å². The summed E-state index contributed by atoms with van der Waals surface area (Å²) in [5.41, 5.74) is 1.76. The minimum absolute atomic E-state index is 0.308. The lowest BCUT2D eigenvalue weighted by Gasteiger charge is -2.14. The van der Waals surface area contributed by atoms with Crippen LogP contribution in [0.5, 0.6) is 5.75 Å². The molecule has 0 bridgehead atoms. The largest absolute Gasteiger partial charge is 0.481 e. The highest BCUT2D eigenvalue weighted by Gasteiger charge is 2.17. The highest BCUT2D eigenvalue weighted by Crippen LogP contribution is 2.16. The average Bonchev–Trinajstić information content (AvgIpc) is 2.70. The quantitative estimate of drug-likeness (QED) is 0.902. The van der Waals surface area contributed by atoms with Crippen LogP contribution in [-0.4, -0.2) is 22.2 Å². The Morgan fingerprint density at radius 3 is 2.80 bits per heavy atom. The van der Waals surface area contributed by atoms with Crippen molar-refractivity contribution < 1.29 is 13.9 Å². The van der Waals surface area contributed by atoms with Gasteiger partial charge in [-0.2, -0.15) is 5.10 Å². The number of H-pyrrole nitrogens is 1. The number of ether oxygens (including phenoxy) is 1. The van der Waals surface area contributed by atoms with Crippen molar-refractivity contribution in [1.29, 1.82) is 0 Å². The molecule has 6 heteroatoms. The Bertz CT molecular complexity index is 625. The molecule has 0 aliphatic heterocycles. The van der Waals surface area contributed by atoms with Gasteiger partial charge < -0.3 is 10.1 Å². The van der Waals surface area contributed by atoms with Gasteiger partial charge in [-0.3, -0.25) is 9.89 Å². The number of carbonyl (C=O) groups excluding carboxylic acids is 1. The molecule has 2 aromatic rings. The van der Waals surface area contributed by atoms with Gasteiger partial charge in [-0.25, -0.2) is 4.39 Å². The van der Waals surface area contributed by atoms with E-state index in [2.05, 4.69) is 15.5 Å². The summed E-state index contributed by atoms with van der Waals surface area (Å²) in [5, 5.41) is 9.44. The van der Waals surface area contributed by atoms with Gasteiger partial charge in [0.25, 0.3) is 5.91 Å². The van der Waals surface area contributed by atoms with Crippen LogP contribution >= 0.6 is 0 Å². The molecule has 0 saturated carbocycles. The minimum atomic E-state index is -0.756. The summed E-state index contributed by atoms with van der Waals surface area (Å²) in [4.78, 5) is 12.0. The number of rotatable bonds is 4. The van der Waals surface area contributed by atoms with Gasteiger partial charge >= 0.3 is 0 Å². The first-order valence-corrected chi connectivity index (χ1v) is 6.22. The van der Waals surface area contributed by atoms with Gasteiger partial charge in [0.05, 0.1) is 0 Å². The molecule has 1 atom stereocenters. The molecule has 0 saturated heterocycles. The van der Waals surface area contributed by atoms with Gasteiger partial charge in [0.2, 0.25) is 0 Å². The second-order valence-corrected chi connectivity index (χ2v) is 4.53. The number of hydrogen-bond acceptors (Lipinski definition) is 3.